The van der Waals surface area contributed by atoms with E-state index in [2.05, 4.69) is 24.9 Å². The van der Waals surface area contributed by atoms with E-state index in [4.69, 9.17) is 18.0 Å². The van der Waals surface area contributed by atoms with Crippen LogP contribution in [0.15, 0.2) is 42.0 Å². The maximum Gasteiger partial charge on any atom is 0.276 e. The van der Waals surface area contributed by atoms with Crippen LogP contribution in [-0.2, 0) is 0 Å². The Morgan fingerprint density at radius 2 is 2.00 bits per heavy atom. The van der Waals surface area contributed by atoms with Crippen LogP contribution in [0.3, 0.4) is 0 Å². The van der Waals surface area contributed by atoms with Crippen LogP contribution in [0.5, 0.6) is 0 Å². The molecule has 8 heteroatoms. The topological polar surface area (TPSA) is 113 Å². The minimum absolute atomic E-state index is 0.192. The molecule has 0 unspecified atom stereocenters. The molecule has 0 radical (unpaired) electrons. The van der Waals surface area contributed by atoms with Crippen LogP contribution in [0.2, 0.25) is 0 Å². The third-order valence-corrected chi connectivity index (χ3v) is 2.41. The number of hydrogen-bond donors (Lipinski definition) is 3. The zero-order valence-corrected chi connectivity index (χ0v) is 10.5. The number of H-pyrrole nitrogens is 2. The standard InChI is InChI=1S/C6H6N2S.C5H4N4O/c7-6(9)5-2-1-3-8-4-5;10-5-3-4(7-1-6-3)8-2-9-5/h1-4H,(H2,7,9);1-2H,(H2,6,7,8,9,10). The highest BCUT2D eigenvalue weighted by Gasteiger charge is 1.97. The van der Waals surface area contributed by atoms with Gasteiger partial charge in [0, 0.05) is 18.0 Å². The average molecular weight is 274 g/mol. The Hall–Kier alpha value is -2.61. The number of nitrogens with two attached hydrogens (primary N) is 1. The summed E-state index contributed by atoms with van der Waals surface area (Å²) in [5.41, 5.74) is 6.79. The van der Waals surface area contributed by atoms with E-state index < -0.39 is 0 Å². The molecular weight excluding hydrogens is 264 g/mol. The highest BCUT2D eigenvalue weighted by Crippen LogP contribution is 1.94. The zero-order chi connectivity index (χ0) is 13.7. The van der Waals surface area contributed by atoms with Gasteiger partial charge in [-0.1, -0.05) is 12.2 Å². The molecular formula is C11H10N6OS. The summed E-state index contributed by atoms with van der Waals surface area (Å²) in [5, 5.41) is 0. The summed E-state index contributed by atoms with van der Waals surface area (Å²) in [4.78, 5) is 27.8. The molecule has 19 heavy (non-hydrogen) atoms. The van der Waals surface area contributed by atoms with Gasteiger partial charge in [0.05, 0.1) is 12.7 Å². The molecule has 0 bridgehead atoms. The lowest BCUT2D eigenvalue weighted by Crippen LogP contribution is -2.08. The molecule has 3 heterocycles. The molecule has 0 fully saturated rings. The first-order chi connectivity index (χ1) is 9.18. The fourth-order valence-corrected chi connectivity index (χ4v) is 1.41. The Bertz CT molecular complexity index is 735. The molecule has 0 atom stereocenters. The summed E-state index contributed by atoms with van der Waals surface area (Å²) in [5.74, 6) is 0. The van der Waals surface area contributed by atoms with Crippen molar-refractivity contribution in [2.45, 2.75) is 0 Å². The fourth-order valence-electron chi connectivity index (χ4n) is 1.28. The predicted octanol–water partition coefficient (Wildman–Crippen LogP) is 0.362. The summed E-state index contributed by atoms with van der Waals surface area (Å²) >= 11 is 4.70. The van der Waals surface area contributed by atoms with Crippen molar-refractivity contribution in [3.8, 4) is 0 Å². The highest BCUT2D eigenvalue weighted by molar-refractivity contribution is 7.80. The van der Waals surface area contributed by atoms with Crippen molar-refractivity contribution in [3.63, 3.8) is 0 Å². The van der Waals surface area contributed by atoms with E-state index >= 15 is 0 Å². The first-order valence-corrected chi connectivity index (χ1v) is 5.66. The first-order valence-electron chi connectivity index (χ1n) is 5.25. The molecule has 0 aliphatic carbocycles. The van der Waals surface area contributed by atoms with Crippen LogP contribution < -0.4 is 11.3 Å². The van der Waals surface area contributed by atoms with Crippen LogP contribution in [-0.4, -0.2) is 29.9 Å². The smallest absolute Gasteiger partial charge is 0.276 e. The average Bonchev–Trinajstić information content (AvgIpc) is 2.90. The number of aromatic nitrogens is 5. The van der Waals surface area contributed by atoms with E-state index in [-0.39, 0.29) is 5.56 Å². The minimum atomic E-state index is -0.192. The molecule has 7 nitrogen and oxygen atoms in total. The molecule has 3 aromatic rings. The van der Waals surface area contributed by atoms with Crippen molar-refractivity contribution in [3.05, 3.63) is 53.1 Å². The van der Waals surface area contributed by atoms with Crippen molar-refractivity contribution in [2.24, 2.45) is 5.73 Å². The number of nitrogens with zero attached hydrogens (tertiary/aromatic N) is 3. The number of aromatic amines is 2. The van der Waals surface area contributed by atoms with Crippen molar-refractivity contribution in [2.75, 3.05) is 0 Å². The lowest BCUT2D eigenvalue weighted by atomic mass is 10.3. The third kappa shape index (κ3) is 3.19. The highest BCUT2D eigenvalue weighted by atomic mass is 32.1. The first kappa shape index (κ1) is 12.8. The largest absolute Gasteiger partial charge is 0.389 e. The second-order valence-corrected chi connectivity index (χ2v) is 3.88. The van der Waals surface area contributed by atoms with E-state index in [1.165, 1.54) is 12.7 Å². The van der Waals surface area contributed by atoms with Crippen LogP contribution in [0.1, 0.15) is 5.56 Å². The van der Waals surface area contributed by atoms with Gasteiger partial charge in [0.15, 0.2) is 11.2 Å². The molecule has 96 valence electrons. The summed E-state index contributed by atoms with van der Waals surface area (Å²) < 4.78 is 0. The number of fused-ring (bicyclic) bond motifs is 1. The van der Waals surface area contributed by atoms with Crippen LogP contribution in [0, 0.1) is 0 Å². The fraction of sp³-hybridized carbons (Fsp3) is 0. The number of thiocarbonyl (C=S) groups is 1. The summed E-state index contributed by atoms with van der Waals surface area (Å²) in [6, 6.07) is 3.63. The van der Waals surface area contributed by atoms with Gasteiger partial charge in [-0.05, 0) is 12.1 Å². The predicted molar refractivity (Wildman–Crippen MR) is 74.6 cm³/mol. The molecule has 0 aliphatic rings. The van der Waals surface area contributed by atoms with Crippen molar-refractivity contribution in [1.29, 1.82) is 0 Å². The number of nitrogens with one attached hydrogen (secondary N) is 2. The van der Waals surface area contributed by atoms with Gasteiger partial charge < -0.3 is 15.7 Å². The maximum atomic E-state index is 10.9. The van der Waals surface area contributed by atoms with Gasteiger partial charge in [0.25, 0.3) is 5.56 Å². The lowest BCUT2D eigenvalue weighted by Gasteiger charge is -1.92. The molecule has 0 amide bonds. The quantitative estimate of drug-likeness (QED) is 0.552. The maximum absolute atomic E-state index is 10.9. The summed E-state index contributed by atoms with van der Waals surface area (Å²) in [6.07, 6.45) is 6.09. The van der Waals surface area contributed by atoms with E-state index in [1.807, 2.05) is 6.07 Å². The van der Waals surface area contributed by atoms with Gasteiger partial charge in [-0.15, -0.1) is 0 Å². The SMILES string of the molecule is NC(=S)c1cccnc1.O=c1[nH]cnc2nc[nH]c12. The Morgan fingerprint density at radius 1 is 1.26 bits per heavy atom. The van der Waals surface area contributed by atoms with Crippen LogP contribution in [0.4, 0.5) is 0 Å². The van der Waals surface area contributed by atoms with E-state index in [0.29, 0.717) is 16.2 Å². The molecule has 3 rings (SSSR count). The molecule has 0 spiro atoms. The third-order valence-electron chi connectivity index (χ3n) is 2.17. The Kier molecular flexibility index (Phi) is 3.94. The van der Waals surface area contributed by atoms with E-state index in [9.17, 15) is 4.79 Å². The number of hydrogen-bond acceptors (Lipinski definition) is 5. The second kappa shape index (κ2) is 5.83. The van der Waals surface area contributed by atoms with Crippen molar-refractivity contribution < 1.29 is 0 Å². The Balaban J connectivity index is 0.000000141. The van der Waals surface area contributed by atoms with Gasteiger partial charge in [0.1, 0.15) is 4.99 Å². The molecule has 3 aromatic heterocycles. The second-order valence-electron chi connectivity index (χ2n) is 3.44. The number of pyridine rings is 1. The van der Waals surface area contributed by atoms with E-state index in [1.54, 1.807) is 18.5 Å². The van der Waals surface area contributed by atoms with Crippen LogP contribution >= 0.6 is 12.2 Å². The van der Waals surface area contributed by atoms with Gasteiger partial charge in [-0.25, -0.2) is 9.97 Å². The Morgan fingerprint density at radius 3 is 2.53 bits per heavy atom. The Labute approximate surface area is 112 Å². The monoisotopic (exact) mass is 274 g/mol. The van der Waals surface area contributed by atoms with Crippen molar-refractivity contribution in [1.82, 2.24) is 24.9 Å². The summed E-state index contributed by atoms with van der Waals surface area (Å²) in [6.45, 7) is 0. The number of imidazole rings is 1. The minimum Gasteiger partial charge on any atom is -0.389 e. The van der Waals surface area contributed by atoms with Gasteiger partial charge >= 0.3 is 0 Å². The van der Waals surface area contributed by atoms with Gasteiger partial charge in [0.2, 0.25) is 0 Å². The molecule has 4 N–H and O–H groups in total. The number of rotatable bonds is 1. The molecule has 0 aliphatic heterocycles. The molecule has 0 aromatic carbocycles. The summed E-state index contributed by atoms with van der Waals surface area (Å²) in [7, 11) is 0. The van der Waals surface area contributed by atoms with Gasteiger partial charge in [-0.2, -0.15) is 0 Å². The molecule has 0 saturated carbocycles. The van der Waals surface area contributed by atoms with E-state index in [0.717, 1.165) is 5.56 Å². The van der Waals surface area contributed by atoms with Crippen LogP contribution in [0.25, 0.3) is 11.2 Å². The normalized spacial score (nSPS) is 9.68. The zero-order valence-electron chi connectivity index (χ0n) is 9.70. The van der Waals surface area contributed by atoms with Gasteiger partial charge in [-0.3, -0.25) is 9.78 Å². The lowest BCUT2D eigenvalue weighted by molar-refractivity contribution is 1.15. The van der Waals surface area contributed by atoms with Crippen molar-refractivity contribution >= 4 is 28.4 Å². The molecule has 0 saturated heterocycles.